The van der Waals surface area contributed by atoms with Crippen molar-refractivity contribution in [2.75, 3.05) is 13.1 Å². The molecule has 1 aromatic carbocycles. The van der Waals surface area contributed by atoms with Crippen LogP contribution in [-0.4, -0.2) is 24.6 Å². The summed E-state index contributed by atoms with van der Waals surface area (Å²) in [6.07, 6.45) is -3.27. The maximum atomic E-state index is 12.4. The predicted molar refractivity (Wildman–Crippen MR) is 63.7 cm³/mol. The Morgan fingerprint density at radius 1 is 1.16 bits per heavy atom. The van der Waals surface area contributed by atoms with Crippen molar-refractivity contribution < 1.29 is 23.0 Å². The standard InChI is InChI=1S/C13H16F3NO2/c14-13(15,16)19-11-5-2-1-4-10(11)12(18)6-3-8-17-9-7-12/h1-2,4-5,17-18H,3,6-9H2. The maximum Gasteiger partial charge on any atom is 0.573 e. The summed E-state index contributed by atoms with van der Waals surface area (Å²) in [5.41, 5.74) is -1.07. The van der Waals surface area contributed by atoms with Crippen molar-refractivity contribution >= 4 is 0 Å². The molecule has 3 nitrogen and oxygen atoms in total. The summed E-state index contributed by atoms with van der Waals surface area (Å²) in [5.74, 6) is -0.320. The fourth-order valence-electron chi connectivity index (χ4n) is 2.39. The van der Waals surface area contributed by atoms with Gasteiger partial charge in [-0.05, 0) is 38.4 Å². The highest BCUT2D eigenvalue weighted by atomic mass is 19.4. The highest BCUT2D eigenvalue weighted by molar-refractivity contribution is 5.38. The molecule has 2 rings (SSSR count). The Morgan fingerprint density at radius 3 is 2.63 bits per heavy atom. The smallest absolute Gasteiger partial charge is 0.405 e. The Bertz CT molecular complexity index is 426. The fourth-order valence-corrected chi connectivity index (χ4v) is 2.39. The summed E-state index contributed by atoms with van der Waals surface area (Å²) in [5, 5.41) is 13.7. The first-order valence-corrected chi connectivity index (χ1v) is 6.19. The Morgan fingerprint density at radius 2 is 1.89 bits per heavy atom. The molecule has 1 fully saturated rings. The van der Waals surface area contributed by atoms with Crippen LogP contribution in [0.5, 0.6) is 5.75 Å². The highest BCUT2D eigenvalue weighted by Crippen LogP contribution is 2.38. The van der Waals surface area contributed by atoms with Crippen molar-refractivity contribution in [3.8, 4) is 5.75 Å². The Hall–Kier alpha value is -1.27. The number of nitrogens with one attached hydrogen (secondary N) is 1. The lowest BCUT2D eigenvalue weighted by Gasteiger charge is -2.29. The van der Waals surface area contributed by atoms with E-state index < -0.39 is 12.0 Å². The van der Waals surface area contributed by atoms with Crippen LogP contribution in [0.25, 0.3) is 0 Å². The molecule has 106 valence electrons. The average Bonchev–Trinajstić information content (AvgIpc) is 2.53. The molecule has 0 spiro atoms. The molecular formula is C13H16F3NO2. The van der Waals surface area contributed by atoms with Crippen molar-refractivity contribution in [2.24, 2.45) is 0 Å². The number of rotatable bonds is 2. The third kappa shape index (κ3) is 3.61. The summed E-state index contributed by atoms with van der Waals surface area (Å²) < 4.78 is 41.1. The van der Waals surface area contributed by atoms with Crippen LogP contribution in [0.3, 0.4) is 0 Å². The molecule has 0 amide bonds. The first-order valence-electron chi connectivity index (χ1n) is 6.19. The molecule has 1 atom stereocenters. The second kappa shape index (κ2) is 5.38. The van der Waals surface area contributed by atoms with E-state index in [0.717, 1.165) is 6.54 Å². The Balaban J connectivity index is 2.32. The van der Waals surface area contributed by atoms with Crippen LogP contribution >= 0.6 is 0 Å². The molecule has 1 aliphatic heterocycles. The van der Waals surface area contributed by atoms with Gasteiger partial charge >= 0.3 is 6.36 Å². The van der Waals surface area contributed by atoms with Gasteiger partial charge in [-0.25, -0.2) is 0 Å². The van der Waals surface area contributed by atoms with E-state index in [9.17, 15) is 18.3 Å². The fraction of sp³-hybridized carbons (Fsp3) is 0.538. The molecule has 1 unspecified atom stereocenters. The molecule has 0 bridgehead atoms. The Labute approximate surface area is 109 Å². The topological polar surface area (TPSA) is 41.5 Å². The van der Waals surface area contributed by atoms with Crippen molar-refractivity contribution in [1.29, 1.82) is 0 Å². The largest absolute Gasteiger partial charge is 0.573 e. The van der Waals surface area contributed by atoms with Crippen molar-refractivity contribution in [2.45, 2.75) is 31.2 Å². The van der Waals surface area contributed by atoms with Gasteiger partial charge in [-0.1, -0.05) is 18.2 Å². The number of ether oxygens (including phenoxy) is 1. The Kier molecular flexibility index (Phi) is 4.01. The molecular weight excluding hydrogens is 259 g/mol. The predicted octanol–water partition coefficient (Wildman–Crippen LogP) is 2.55. The van der Waals surface area contributed by atoms with E-state index in [4.69, 9.17) is 0 Å². The summed E-state index contributed by atoms with van der Waals surface area (Å²) in [6, 6.07) is 5.79. The third-order valence-electron chi connectivity index (χ3n) is 3.27. The van der Waals surface area contributed by atoms with Crippen molar-refractivity contribution in [3.05, 3.63) is 29.8 Å². The third-order valence-corrected chi connectivity index (χ3v) is 3.27. The highest BCUT2D eigenvalue weighted by Gasteiger charge is 2.37. The molecule has 0 aliphatic carbocycles. The van der Waals surface area contributed by atoms with Crippen molar-refractivity contribution in [1.82, 2.24) is 5.32 Å². The molecule has 19 heavy (non-hydrogen) atoms. The summed E-state index contributed by atoms with van der Waals surface area (Å²) in [4.78, 5) is 0. The zero-order chi connectivity index (χ0) is 13.9. The lowest BCUT2D eigenvalue weighted by Crippen LogP contribution is -2.29. The average molecular weight is 275 g/mol. The minimum absolute atomic E-state index is 0.205. The zero-order valence-corrected chi connectivity index (χ0v) is 10.3. The molecule has 1 saturated heterocycles. The normalized spacial score (nSPS) is 24.8. The molecule has 2 N–H and O–H groups in total. The number of benzene rings is 1. The number of hydrogen-bond donors (Lipinski definition) is 2. The van der Waals surface area contributed by atoms with Crippen LogP contribution < -0.4 is 10.1 Å². The van der Waals surface area contributed by atoms with Gasteiger partial charge in [0, 0.05) is 5.56 Å². The number of hydrogen-bond acceptors (Lipinski definition) is 3. The van der Waals surface area contributed by atoms with Crippen LogP contribution in [0.15, 0.2) is 24.3 Å². The van der Waals surface area contributed by atoms with Crippen LogP contribution in [0.1, 0.15) is 24.8 Å². The maximum absolute atomic E-state index is 12.4. The second-order valence-corrected chi connectivity index (χ2v) is 4.68. The van der Waals surface area contributed by atoms with Gasteiger partial charge in [0.25, 0.3) is 0 Å². The van der Waals surface area contributed by atoms with Gasteiger partial charge in [0.05, 0.1) is 5.60 Å². The molecule has 0 aromatic heterocycles. The summed E-state index contributed by atoms with van der Waals surface area (Å²) in [7, 11) is 0. The van der Waals surface area contributed by atoms with Gasteiger partial charge in [-0.15, -0.1) is 13.2 Å². The van der Waals surface area contributed by atoms with E-state index in [1.54, 1.807) is 6.07 Å². The van der Waals surface area contributed by atoms with Gasteiger partial charge in [0.1, 0.15) is 5.75 Å². The van der Waals surface area contributed by atoms with E-state index in [-0.39, 0.29) is 11.3 Å². The van der Waals surface area contributed by atoms with Gasteiger partial charge < -0.3 is 15.2 Å². The van der Waals surface area contributed by atoms with Gasteiger partial charge in [0.2, 0.25) is 0 Å². The minimum atomic E-state index is -4.75. The van der Waals surface area contributed by atoms with Gasteiger partial charge in [0.15, 0.2) is 0 Å². The zero-order valence-electron chi connectivity index (χ0n) is 10.3. The molecule has 1 heterocycles. The number of halogens is 3. The molecule has 0 saturated carbocycles. The van der Waals surface area contributed by atoms with E-state index in [0.29, 0.717) is 25.8 Å². The van der Waals surface area contributed by atoms with Gasteiger partial charge in [-0.2, -0.15) is 0 Å². The lowest BCUT2D eigenvalue weighted by molar-refractivity contribution is -0.275. The quantitative estimate of drug-likeness (QED) is 0.871. The molecule has 0 radical (unpaired) electrons. The van der Waals surface area contributed by atoms with E-state index in [1.807, 2.05) is 0 Å². The van der Waals surface area contributed by atoms with Gasteiger partial charge in [-0.3, -0.25) is 0 Å². The van der Waals surface area contributed by atoms with Crippen molar-refractivity contribution in [3.63, 3.8) is 0 Å². The monoisotopic (exact) mass is 275 g/mol. The van der Waals surface area contributed by atoms with E-state index >= 15 is 0 Å². The van der Waals surface area contributed by atoms with E-state index in [1.165, 1.54) is 18.2 Å². The first kappa shape index (κ1) is 14.1. The van der Waals surface area contributed by atoms with Crippen LogP contribution in [0.4, 0.5) is 13.2 Å². The summed E-state index contributed by atoms with van der Waals surface area (Å²) >= 11 is 0. The van der Waals surface area contributed by atoms with E-state index in [2.05, 4.69) is 10.1 Å². The number of alkyl halides is 3. The lowest BCUT2D eigenvalue weighted by atomic mass is 9.86. The first-order chi connectivity index (χ1) is 8.91. The summed E-state index contributed by atoms with van der Waals surface area (Å²) in [6.45, 7) is 1.32. The van der Waals surface area contributed by atoms with Crippen LogP contribution in [-0.2, 0) is 5.60 Å². The molecule has 1 aromatic rings. The van der Waals surface area contributed by atoms with Crippen LogP contribution in [0, 0.1) is 0 Å². The number of aliphatic hydroxyl groups is 1. The second-order valence-electron chi connectivity index (χ2n) is 4.68. The molecule has 1 aliphatic rings. The minimum Gasteiger partial charge on any atom is -0.405 e. The SMILES string of the molecule is OC1(c2ccccc2OC(F)(F)F)CCCNCC1. The molecule has 6 heteroatoms. The van der Waals surface area contributed by atoms with Crippen LogP contribution in [0.2, 0.25) is 0 Å². The number of para-hydroxylation sites is 1.